The highest BCUT2D eigenvalue weighted by Gasteiger charge is 2.16. The highest BCUT2D eigenvalue weighted by Crippen LogP contribution is 2.23. The molecule has 0 amide bonds. The molecule has 1 aromatic carbocycles. The van der Waals surface area contributed by atoms with E-state index in [1.807, 2.05) is 0 Å². The van der Waals surface area contributed by atoms with Gasteiger partial charge in [0.15, 0.2) is 0 Å². The van der Waals surface area contributed by atoms with Gasteiger partial charge >= 0.3 is 5.97 Å². The maximum atomic E-state index is 12.6. The first-order valence-electron chi connectivity index (χ1n) is 5.61. The lowest BCUT2D eigenvalue weighted by Gasteiger charge is -2.10. The second kappa shape index (κ2) is 6.83. The summed E-state index contributed by atoms with van der Waals surface area (Å²) < 4.78 is 30.0. The number of hydrogen-bond donors (Lipinski definition) is 0. The Morgan fingerprint density at radius 3 is 2.72 bits per heavy atom. The molecule has 0 radical (unpaired) electrons. The third-order valence-electron chi connectivity index (χ3n) is 2.41. The van der Waals surface area contributed by atoms with Gasteiger partial charge in [0.05, 0.1) is 12.2 Å². The van der Waals surface area contributed by atoms with Crippen molar-refractivity contribution in [1.29, 1.82) is 0 Å². The van der Waals surface area contributed by atoms with E-state index in [9.17, 15) is 18.4 Å². The van der Waals surface area contributed by atoms with Crippen molar-refractivity contribution in [2.75, 3.05) is 6.61 Å². The molecule has 98 valence electrons. The summed E-state index contributed by atoms with van der Waals surface area (Å²) in [6, 6.07) is 3.83. The molecule has 1 aromatic rings. The second-order valence-corrected chi connectivity index (χ2v) is 3.64. The maximum Gasteiger partial charge on any atom is 0.338 e. The van der Waals surface area contributed by atoms with Crippen molar-refractivity contribution < 1.29 is 23.1 Å². The maximum absolute atomic E-state index is 12.6. The van der Waals surface area contributed by atoms with Gasteiger partial charge in [-0.05, 0) is 25.0 Å². The van der Waals surface area contributed by atoms with E-state index in [1.54, 1.807) is 6.92 Å². The van der Waals surface area contributed by atoms with Gasteiger partial charge in [-0.1, -0.05) is 12.1 Å². The number of aryl methyl sites for hydroxylation is 1. The van der Waals surface area contributed by atoms with Crippen LogP contribution in [0.5, 0.6) is 0 Å². The molecule has 0 bridgehead atoms. The van der Waals surface area contributed by atoms with Crippen molar-refractivity contribution >= 4 is 12.3 Å². The van der Waals surface area contributed by atoms with E-state index in [4.69, 9.17) is 4.74 Å². The Labute approximate surface area is 104 Å². The number of ether oxygens (including phenoxy) is 1. The second-order valence-electron chi connectivity index (χ2n) is 3.64. The molecule has 0 aliphatic carbocycles. The summed E-state index contributed by atoms with van der Waals surface area (Å²) in [5.41, 5.74) is 0.425. The average molecular weight is 256 g/mol. The summed E-state index contributed by atoms with van der Waals surface area (Å²) in [5, 5.41) is 0. The number of alkyl halides is 2. The van der Waals surface area contributed by atoms with Crippen LogP contribution in [0.4, 0.5) is 8.78 Å². The molecule has 0 aliphatic rings. The first-order valence-corrected chi connectivity index (χ1v) is 5.61. The van der Waals surface area contributed by atoms with Crippen LogP contribution in [0.15, 0.2) is 18.2 Å². The van der Waals surface area contributed by atoms with Crippen molar-refractivity contribution in [2.45, 2.75) is 26.2 Å². The number of esters is 1. The molecule has 0 fully saturated rings. The van der Waals surface area contributed by atoms with E-state index >= 15 is 0 Å². The molecular formula is C13H14F2O3. The van der Waals surface area contributed by atoms with E-state index in [2.05, 4.69) is 0 Å². The smallest absolute Gasteiger partial charge is 0.338 e. The fourth-order valence-corrected chi connectivity index (χ4v) is 1.56. The van der Waals surface area contributed by atoms with Crippen LogP contribution < -0.4 is 0 Å². The Morgan fingerprint density at radius 2 is 2.17 bits per heavy atom. The molecule has 0 spiro atoms. The number of benzene rings is 1. The van der Waals surface area contributed by atoms with Gasteiger partial charge in [-0.15, -0.1) is 0 Å². The lowest BCUT2D eigenvalue weighted by molar-refractivity contribution is -0.107. The minimum Gasteiger partial charge on any atom is -0.462 e. The average Bonchev–Trinajstić information content (AvgIpc) is 2.36. The van der Waals surface area contributed by atoms with Gasteiger partial charge in [0.25, 0.3) is 6.43 Å². The third kappa shape index (κ3) is 3.61. The molecule has 3 nitrogen and oxygen atoms in total. The van der Waals surface area contributed by atoms with Gasteiger partial charge in [-0.25, -0.2) is 13.6 Å². The van der Waals surface area contributed by atoms with Crippen molar-refractivity contribution in [3.63, 3.8) is 0 Å². The number of hydrogen-bond acceptors (Lipinski definition) is 3. The SMILES string of the molecule is CCOC(=O)c1cc(C(F)F)ccc1CCC=O. The standard InChI is InChI=1S/C13H14F2O3/c1-2-18-13(17)11-8-10(12(14)15)6-5-9(11)4-3-7-16/h5-8,12H,2-4H2,1H3. The summed E-state index contributed by atoms with van der Waals surface area (Å²) in [6.45, 7) is 1.81. The van der Waals surface area contributed by atoms with E-state index in [0.717, 1.165) is 12.4 Å². The summed E-state index contributed by atoms with van der Waals surface area (Å²) in [7, 11) is 0. The zero-order valence-electron chi connectivity index (χ0n) is 9.99. The van der Waals surface area contributed by atoms with Gasteiger partial charge in [-0.2, -0.15) is 0 Å². The zero-order valence-corrected chi connectivity index (χ0v) is 9.99. The van der Waals surface area contributed by atoms with Crippen molar-refractivity contribution in [1.82, 2.24) is 0 Å². The van der Waals surface area contributed by atoms with Crippen LogP contribution in [-0.4, -0.2) is 18.9 Å². The van der Waals surface area contributed by atoms with Crippen LogP contribution in [-0.2, 0) is 16.0 Å². The Bertz CT molecular complexity index is 430. The summed E-state index contributed by atoms with van der Waals surface area (Å²) in [5.74, 6) is -0.638. The summed E-state index contributed by atoms with van der Waals surface area (Å²) in [4.78, 5) is 22.0. The minimum atomic E-state index is -2.64. The quantitative estimate of drug-likeness (QED) is 0.580. The molecule has 0 saturated heterocycles. The number of halogens is 2. The topological polar surface area (TPSA) is 43.4 Å². The zero-order chi connectivity index (χ0) is 13.5. The van der Waals surface area contributed by atoms with Crippen LogP contribution in [0, 0.1) is 0 Å². The van der Waals surface area contributed by atoms with Gasteiger partial charge in [0, 0.05) is 12.0 Å². The first-order chi connectivity index (χ1) is 8.60. The van der Waals surface area contributed by atoms with Crippen molar-refractivity contribution in [3.8, 4) is 0 Å². The highest BCUT2D eigenvalue weighted by atomic mass is 19.3. The van der Waals surface area contributed by atoms with Gasteiger partial charge in [0.1, 0.15) is 6.29 Å². The van der Waals surface area contributed by atoms with Crippen LogP contribution in [0.3, 0.4) is 0 Å². The summed E-state index contributed by atoms with van der Waals surface area (Å²) >= 11 is 0. The summed E-state index contributed by atoms with van der Waals surface area (Å²) in [6.07, 6.45) is -1.35. The van der Waals surface area contributed by atoms with Gasteiger partial charge in [-0.3, -0.25) is 0 Å². The Morgan fingerprint density at radius 1 is 1.44 bits per heavy atom. The van der Waals surface area contributed by atoms with Crippen LogP contribution >= 0.6 is 0 Å². The van der Waals surface area contributed by atoms with Crippen LogP contribution in [0.25, 0.3) is 0 Å². The van der Waals surface area contributed by atoms with Crippen molar-refractivity contribution in [3.05, 3.63) is 34.9 Å². The third-order valence-corrected chi connectivity index (χ3v) is 2.41. The molecule has 0 heterocycles. The van der Waals surface area contributed by atoms with Crippen LogP contribution in [0.1, 0.15) is 41.3 Å². The molecular weight excluding hydrogens is 242 g/mol. The fourth-order valence-electron chi connectivity index (χ4n) is 1.56. The molecule has 0 unspecified atom stereocenters. The monoisotopic (exact) mass is 256 g/mol. The molecule has 0 aromatic heterocycles. The lowest BCUT2D eigenvalue weighted by Crippen LogP contribution is -2.09. The lowest BCUT2D eigenvalue weighted by atomic mass is 10.0. The fraction of sp³-hybridized carbons (Fsp3) is 0.385. The van der Waals surface area contributed by atoms with E-state index in [0.29, 0.717) is 12.0 Å². The van der Waals surface area contributed by atoms with Crippen molar-refractivity contribution in [2.24, 2.45) is 0 Å². The van der Waals surface area contributed by atoms with E-state index in [1.165, 1.54) is 12.1 Å². The Kier molecular flexibility index (Phi) is 5.42. The predicted molar refractivity (Wildman–Crippen MR) is 61.7 cm³/mol. The van der Waals surface area contributed by atoms with E-state index in [-0.39, 0.29) is 24.2 Å². The number of aldehydes is 1. The van der Waals surface area contributed by atoms with Gasteiger partial charge < -0.3 is 9.53 Å². The highest BCUT2D eigenvalue weighted by molar-refractivity contribution is 5.91. The molecule has 0 aliphatic heterocycles. The minimum absolute atomic E-state index is 0.108. The molecule has 0 saturated carbocycles. The largest absolute Gasteiger partial charge is 0.462 e. The predicted octanol–water partition coefficient (Wildman–Crippen LogP) is 2.93. The first kappa shape index (κ1) is 14.3. The molecule has 1 rings (SSSR count). The Balaban J connectivity index is 3.08. The van der Waals surface area contributed by atoms with Crippen LogP contribution in [0.2, 0.25) is 0 Å². The van der Waals surface area contributed by atoms with Gasteiger partial charge in [0.2, 0.25) is 0 Å². The molecule has 18 heavy (non-hydrogen) atoms. The number of carbonyl (C=O) groups is 2. The molecule has 5 heteroatoms. The molecule has 0 N–H and O–H groups in total. The number of carbonyl (C=O) groups excluding carboxylic acids is 2. The molecule has 0 atom stereocenters. The Hall–Kier alpha value is -1.78. The number of rotatable bonds is 6. The normalized spacial score (nSPS) is 10.4. The van der Waals surface area contributed by atoms with E-state index < -0.39 is 12.4 Å².